The zero-order valence-electron chi connectivity index (χ0n) is 20.8. The first-order valence-corrected chi connectivity index (χ1v) is 12.2. The summed E-state index contributed by atoms with van der Waals surface area (Å²) in [5.74, 6) is 1.23. The van der Waals surface area contributed by atoms with E-state index in [2.05, 4.69) is 10.2 Å². The van der Waals surface area contributed by atoms with Crippen molar-refractivity contribution < 1.29 is 19.4 Å². The molecule has 1 amide bonds. The molecule has 188 valence electrons. The minimum atomic E-state index is -1.06. The summed E-state index contributed by atoms with van der Waals surface area (Å²) in [5, 5.41) is 20.8. The summed E-state index contributed by atoms with van der Waals surface area (Å²) in [4.78, 5) is 19.0. The van der Waals surface area contributed by atoms with E-state index in [0.29, 0.717) is 55.1 Å². The number of pyridine rings is 2. The molecule has 3 aromatic heterocycles. The Morgan fingerprint density at radius 2 is 1.92 bits per heavy atom. The third kappa shape index (κ3) is 5.11. The maximum Gasteiger partial charge on any atom is 0.410 e. The van der Waals surface area contributed by atoms with Gasteiger partial charge in [0.1, 0.15) is 34.8 Å². The van der Waals surface area contributed by atoms with Crippen LogP contribution in [0, 0.1) is 0 Å². The molecule has 9 heteroatoms. The van der Waals surface area contributed by atoms with Crippen LogP contribution in [0.2, 0.25) is 0 Å². The molecule has 1 aliphatic rings. The number of para-hydroxylation sites is 1. The number of benzene rings is 1. The molecule has 1 atom stereocenters. The molecule has 1 saturated heterocycles. The van der Waals surface area contributed by atoms with Gasteiger partial charge in [0.25, 0.3) is 0 Å². The zero-order valence-corrected chi connectivity index (χ0v) is 20.8. The quantitative estimate of drug-likeness (QED) is 0.451. The van der Waals surface area contributed by atoms with Crippen LogP contribution in [-0.4, -0.2) is 66.6 Å². The van der Waals surface area contributed by atoms with Gasteiger partial charge in [-0.2, -0.15) is 0 Å². The summed E-state index contributed by atoms with van der Waals surface area (Å²) >= 11 is 0. The van der Waals surface area contributed by atoms with E-state index in [9.17, 15) is 9.90 Å². The number of fused-ring (bicyclic) bond motifs is 2. The normalized spacial score (nSPS) is 18.8. The van der Waals surface area contributed by atoms with Crippen molar-refractivity contribution in [2.24, 2.45) is 0 Å². The number of likely N-dealkylation sites (tertiary alicyclic amines) is 1. The van der Waals surface area contributed by atoms with Crippen molar-refractivity contribution in [1.82, 2.24) is 24.5 Å². The van der Waals surface area contributed by atoms with Crippen molar-refractivity contribution in [2.75, 3.05) is 19.7 Å². The molecule has 1 N–H and O–H groups in total. The van der Waals surface area contributed by atoms with Gasteiger partial charge >= 0.3 is 6.09 Å². The number of hydrogen-bond donors (Lipinski definition) is 1. The van der Waals surface area contributed by atoms with E-state index < -0.39 is 11.2 Å². The molecule has 0 radical (unpaired) electrons. The number of hydrogen-bond acceptors (Lipinski definition) is 7. The first kappa shape index (κ1) is 24.0. The van der Waals surface area contributed by atoms with Crippen LogP contribution in [-0.2, 0) is 4.74 Å². The second kappa shape index (κ2) is 9.39. The van der Waals surface area contributed by atoms with E-state index in [1.54, 1.807) is 4.90 Å². The highest BCUT2D eigenvalue weighted by atomic mass is 16.6. The first-order valence-electron chi connectivity index (χ1n) is 12.2. The van der Waals surface area contributed by atoms with Crippen molar-refractivity contribution in [2.45, 2.75) is 51.2 Å². The van der Waals surface area contributed by atoms with Crippen LogP contribution < -0.4 is 4.74 Å². The molecule has 36 heavy (non-hydrogen) atoms. The lowest BCUT2D eigenvalue weighted by Crippen LogP contribution is -2.40. The second-order valence-corrected chi connectivity index (χ2v) is 10.3. The Morgan fingerprint density at radius 3 is 2.75 bits per heavy atom. The standard InChI is InChI=1S/C27H31N5O4/c1-26(2,3)36-25(33)31-15-7-13-27(34,14-17-31)18-35-21-9-6-8-19-11-12-20(28-23(19)21)24-30-29-22-10-4-5-16-32(22)24/h4-6,8-12,16,34H,7,13-15,17-18H2,1-3H3. The molecule has 4 heterocycles. The van der Waals surface area contributed by atoms with Gasteiger partial charge in [-0.25, -0.2) is 9.78 Å². The highest BCUT2D eigenvalue weighted by Crippen LogP contribution is 2.30. The lowest BCUT2D eigenvalue weighted by molar-refractivity contribution is -0.0175. The van der Waals surface area contributed by atoms with Crippen molar-refractivity contribution >= 4 is 22.6 Å². The molecule has 0 aliphatic carbocycles. The average Bonchev–Trinajstić information content (AvgIpc) is 3.17. The molecule has 1 unspecified atom stereocenters. The number of aromatic nitrogens is 4. The Morgan fingerprint density at radius 1 is 1.06 bits per heavy atom. The molecular formula is C27H31N5O4. The van der Waals surface area contributed by atoms with E-state index >= 15 is 0 Å². The molecule has 0 spiro atoms. The Kier molecular flexibility index (Phi) is 6.26. The molecule has 1 fully saturated rings. The Balaban J connectivity index is 1.33. The van der Waals surface area contributed by atoms with E-state index in [1.807, 2.05) is 79.9 Å². The molecule has 9 nitrogen and oxygen atoms in total. The van der Waals surface area contributed by atoms with Crippen molar-refractivity contribution in [3.05, 3.63) is 54.7 Å². The van der Waals surface area contributed by atoms with Gasteiger partial charge in [-0.3, -0.25) is 4.40 Å². The molecule has 1 aromatic carbocycles. The summed E-state index contributed by atoms with van der Waals surface area (Å²) in [6.07, 6.45) is 3.15. The number of carbonyl (C=O) groups is 1. The lowest BCUT2D eigenvalue weighted by Gasteiger charge is -2.28. The van der Waals surface area contributed by atoms with Gasteiger partial charge < -0.3 is 19.5 Å². The van der Waals surface area contributed by atoms with Crippen LogP contribution in [0.25, 0.3) is 28.1 Å². The van der Waals surface area contributed by atoms with Gasteiger partial charge in [-0.1, -0.05) is 24.3 Å². The maximum absolute atomic E-state index is 12.5. The summed E-state index contributed by atoms with van der Waals surface area (Å²) in [5.41, 5.74) is 0.505. The Labute approximate surface area is 209 Å². The molecule has 0 bridgehead atoms. The maximum atomic E-state index is 12.5. The minimum Gasteiger partial charge on any atom is -0.488 e. The molecule has 1 aliphatic heterocycles. The van der Waals surface area contributed by atoms with Crippen LogP contribution in [0.1, 0.15) is 40.0 Å². The van der Waals surface area contributed by atoms with E-state index in [4.69, 9.17) is 14.5 Å². The number of rotatable bonds is 4. The Bertz CT molecular complexity index is 1400. The van der Waals surface area contributed by atoms with Gasteiger partial charge in [0.15, 0.2) is 11.5 Å². The lowest BCUT2D eigenvalue weighted by atomic mass is 9.96. The number of amides is 1. The summed E-state index contributed by atoms with van der Waals surface area (Å²) in [6.45, 7) is 6.61. The highest BCUT2D eigenvalue weighted by Gasteiger charge is 2.34. The Hall–Kier alpha value is -3.72. The topological polar surface area (TPSA) is 102 Å². The summed E-state index contributed by atoms with van der Waals surface area (Å²) < 4.78 is 13.6. The molecule has 0 saturated carbocycles. The van der Waals surface area contributed by atoms with E-state index in [0.717, 1.165) is 11.0 Å². The summed E-state index contributed by atoms with van der Waals surface area (Å²) in [7, 11) is 0. The predicted octanol–water partition coefficient (Wildman–Crippen LogP) is 4.48. The number of ether oxygens (including phenoxy) is 2. The minimum absolute atomic E-state index is 0.105. The van der Waals surface area contributed by atoms with Crippen LogP contribution in [0.5, 0.6) is 5.75 Å². The fourth-order valence-electron chi connectivity index (χ4n) is 4.42. The third-order valence-corrected chi connectivity index (χ3v) is 6.29. The predicted molar refractivity (Wildman–Crippen MR) is 136 cm³/mol. The first-order chi connectivity index (χ1) is 17.2. The van der Waals surface area contributed by atoms with Crippen molar-refractivity contribution in [3.63, 3.8) is 0 Å². The van der Waals surface area contributed by atoms with E-state index in [1.165, 1.54) is 0 Å². The fraction of sp³-hybridized carbons (Fsp3) is 0.407. The van der Waals surface area contributed by atoms with Gasteiger partial charge in [-0.05, 0) is 64.3 Å². The SMILES string of the molecule is CC(C)(C)OC(=O)N1CCCC(O)(COc2cccc3ccc(-c4nnc5ccccn45)nc23)CC1. The monoisotopic (exact) mass is 489 g/mol. The highest BCUT2D eigenvalue weighted by molar-refractivity contribution is 5.86. The van der Waals surface area contributed by atoms with Crippen LogP contribution >= 0.6 is 0 Å². The van der Waals surface area contributed by atoms with Crippen LogP contribution in [0.3, 0.4) is 0 Å². The number of carbonyl (C=O) groups excluding carboxylic acids is 1. The van der Waals surface area contributed by atoms with Crippen molar-refractivity contribution in [1.29, 1.82) is 0 Å². The fourth-order valence-corrected chi connectivity index (χ4v) is 4.42. The molecule has 4 aromatic rings. The smallest absolute Gasteiger partial charge is 0.410 e. The average molecular weight is 490 g/mol. The van der Waals surface area contributed by atoms with E-state index in [-0.39, 0.29) is 12.7 Å². The van der Waals surface area contributed by atoms with Crippen LogP contribution in [0.15, 0.2) is 54.7 Å². The van der Waals surface area contributed by atoms with Gasteiger partial charge in [0.05, 0.1) is 0 Å². The zero-order chi connectivity index (χ0) is 25.3. The number of aliphatic hydroxyl groups is 1. The summed E-state index contributed by atoms with van der Waals surface area (Å²) in [6, 6.07) is 15.4. The van der Waals surface area contributed by atoms with Gasteiger partial charge in [0, 0.05) is 24.7 Å². The largest absolute Gasteiger partial charge is 0.488 e. The van der Waals surface area contributed by atoms with Gasteiger partial charge in [0.2, 0.25) is 0 Å². The molecule has 5 rings (SSSR count). The molecular weight excluding hydrogens is 458 g/mol. The van der Waals surface area contributed by atoms with Crippen LogP contribution in [0.4, 0.5) is 4.79 Å². The third-order valence-electron chi connectivity index (χ3n) is 6.29. The second-order valence-electron chi connectivity index (χ2n) is 10.3. The number of nitrogens with zero attached hydrogens (tertiary/aromatic N) is 5. The van der Waals surface area contributed by atoms with Gasteiger partial charge in [-0.15, -0.1) is 10.2 Å². The van der Waals surface area contributed by atoms with Crippen molar-refractivity contribution in [3.8, 4) is 17.3 Å².